The molecule has 0 saturated heterocycles. The van der Waals surface area contributed by atoms with Crippen molar-refractivity contribution in [3.8, 4) is 0 Å². The number of fused-ring (bicyclic) bond motifs is 1. The number of imidazole rings is 1. The molecule has 0 aliphatic rings. The van der Waals surface area contributed by atoms with Gasteiger partial charge in [0.05, 0.1) is 16.3 Å². The Bertz CT molecular complexity index is 551. The van der Waals surface area contributed by atoms with Gasteiger partial charge in [-0.2, -0.15) is 0 Å². The molecule has 2 aromatic heterocycles. The molecule has 2 rings (SSSR count). The van der Waals surface area contributed by atoms with E-state index in [2.05, 4.69) is 24.1 Å². The van der Waals surface area contributed by atoms with E-state index in [0.717, 1.165) is 31.0 Å². The Labute approximate surface area is 118 Å². The van der Waals surface area contributed by atoms with Gasteiger partial charge in [0.25, 0.3) is 0 Å². The highest BCUT2D eigenvalue weighted by Crippen LogP contribution is 2.12. The lowest BCUT2D eigenvalue weighted by Crippen LogP contribution is -2.37. The molecule has 1 N–H and O–H groups in total. The van der Waals surface area contributed by atoms with E-state index in [9.17, 15) is 0 Å². The molecule has 0 radical (unpaired) electrons. The monoisotopic (exact) mass is 281 g/mol. The molecule has 0 spiro atoms. The van der Waals surface area contributed by atoms with Crippen LogP contribution in [0.3, 0.4) is 0 Å². The highest BCUT2D eigenvalue weighted by molar-refractivity contribution is 6.30. The Kier molecular flexibility index (Phi) is 4.45. The van der Waals surface area contributed by atoms with Crippen molar-refractivity contribution < 1.29 is 4.74 Å². The molecule has 0 aliphatic carbocycles. The van der Waals surface area contributed by atoms with E-state index in [4.69, 9.17) is 16.3 Å². The summed E-state index contributed by atoms with van der Waals surface area (Å²) < 4.78 is 7.57. The van der Waals surface area contributed by atoms with Gasteiger partial charge in [-0.05, 0) is 32.9 Å². The molecule has 19 heavy (non-hydrogen) atoms. The molecule has 2 aromatic rings. The third kappa shape index (κ3) is 3.93. The van der Waals surface area contributed by atoms with Gasteiger partial charge in [-0.15, -0.1) is 0 Å². The molecule has 5 heteroatoms. The standard InChI is InChI=1S/C14H20ClN3O/c1-4-19-14(2,3)10-16-7-12-9-18-8-11(15)5-6-13(18)17-12/h5-6,8-9,16H,4,7,10H2,1-3H3. The van der Waals surface area contributed by atoms with Crippen molar-refractivity contribution in [3.63, 3.8) is 0 Å². The van der Waals surface area contributed by atoms with E-state index in [-0.39, 0.29) is 5.60 Å². The van der Waals surface area contributed by atoms with E-state index >= 15 is 0 Å². The summed E-state index contributed by atoms with van der Waals surface area (Å²) in [6, 6.07) is 3.76. The average Bonchev–Trinajstić information content (AvgIpc) is 2.70. The van der Waals surface area contributed by atoms with Crippen molar-refractivity contribution >= 4 is 17.2 Å². The summed E-state index contributed by atoms with van der Waals surface area (Å²) in [6.07, 6.45) is 3.85. The maximum atomic E-state index is 5.95. The van der Waals surface area contributed by atoms with Crippen LogP contribution < -0.4 is 5.32 Å². The number of hydrogen-bond acceptors (Lipinski definition) is 3. The summed E-state index contributed by atoms with van der Waals surface area (Å²) in [4.78, 5) is 4.52. The number of nitrogens with one attached hydrogen (secondary N) is 1. The highest BCUT2D eigenvalue weighted by atomic mass is 35.5. The second kappa shape index (κ2) is 5.90. The number of pyridine rings is 1. The highest BCUT2D eigenvalue weighted by Gasteiger charge is 2.16. The number of halogens is 1. The lowest BCUT2D eigenvalue weighted by molar-refractivity contribution is -0.00901. The Morgan fingerprint density at radius 3 is 2.89 bits per heavy atom. The number of rotatable bonds is 6. The molecule has 0 amide bonds. The van der Waals surface area contributed by atoms with Crippen molar-refractivity contribution in [2.45, 2.75) is 32.9 Å². The van der Waals surface area contributed by atoms with E-state index in [1.165, 1.54) is 0 Å². The fourth-order valence-electron chi connectivity index (χ4n) is 2.04. The number of hydrogen-bond donors (Lipinski definition) is 1. The van der Waals surface area contributed by atoms with Crippen molar-refractivity contribution in [1.82, 2.24) is 14.7 Å². The minimum absolute atomic E-state index is 0.156. The van der Waals surface area contributed by atoms with Crippen LogP contribution in [0.1, 0.15) is 26.5 Å². The molecule has 0 aromatic carbocycles. The van der Waals surface area contributed by atoms with Crippen LogP contribution in [0, 0.1) is 0 Å². The second-order valence-corrected chi connectivity index (χ2v) is 5.58. The van der Waals surface area contributed by atoms with Crippen LogP contribution in [0.15, 0.2) is 24.5 Å². The minimum Gasteiger partial charge on any atom is -0.375 e. The number of nitrogens with zero attached hydrogens (tertiary/aromatic N) is 2. The third-order valence-corrected chi connectivity index (χ3v) is 3.08. The van der Waals surface area contributed by atoms with Crippen molar-refractivity contribution in [2.24, 2.45) is 0 Å². The normalized spacial score (nSPS) is 12.2. The topological polar surface area (TPSA) is 38.6 Å². The number of ether oxygens (including phenoxy) is 1. The van der Waals surface area contributed by atoms with E-state index < -0.39 is 0 Å². The van der Waals surface area contributed by atoms with Gasteiger partial charge in [0.2, 0.25) is 0 Å². The van der Waals surface area contributed by atoms with E-state index in [1.54, 1.807) is 0 Å². The van der Waals surface area contributed by atoms with Gasteiger partial charge in [0.1, 0.15) is 5.65 Å². The molecule has 0 atom stereocenters. The van der Waals surface area contributed by atoms with Crippen LogP contribution in [0.25, 0.3) is 5.65 Å². The summed E-state index contributed by atoms with van der Waals surface area (Å²) in [7, 11) is 0. The maximum Gasteiger partial charge on any atom is 0.137 e. The summed E-state index contributed by atoms with van der Waals surface area (Å²) in [5.41, 5.74) is 1.75. The fraction of sp³-hybridized carbons (Fsp3) is 0.500. The Morgan fingerprint density at radius 2 is 2.16 bits per heavy atom. The first-order valence-corrected chi connectivity index (χ1v) is 6.86. The molecular formula is C14H20ClN3O. The molecular weight excluding hydrogens is 262 g/mol. The van der Waals surface area contributed by atoms with Crippen molar-refractivity contribution in [1.29, 1.82) is 0 Å². The first kappa shape index (κ1) is 14.3. The van der Waals surface area contributed by atoms with Gasteiger partial charge in [0.15, 0.2) is 0 Å². The molecule has 0 unspecified atom stereocenters. The zero-order valence-electron chi connectivity index (χ0n) is 11.6. The Balaban J connectivity index is 1.95. The van der Waals surface area contributed by atoms with Gasteiger partial charge in [-0.25, -0.2) is 4.98 Å². The molecule has 104 valence electrons. The van der Waals surface area contributed by atoms with E-state index in [0.29, 0.717) is 5.02 Å². The summed E-state index contributed by atoms with van der Waals surface area (Å²) in [5, 5.41) is 4.08. The first-order chi connectivity index (χ1) is 9.00. The number of aromatic nitrogens is 2. The molecule has 0 aliphatic heterocycles. The van der Waals surface area contributed by atoms with Crippen LogP contribution in [0.4, 0.5) is 0 Å². The Morgan fingerprint density at radius 1 is 1.37 bits per heavy atom. The Hall–Kier alpha value is -1.10. The molecule has 0 fully saturated rings. The minimum atomic E-state index is -0.156. The van der Waals surface area contributed by atoms with Crippen LogP contribution in [0.2, 0.25) is 5.02 Å². The van der Waals surface area contributed by atoms with Gasteiger partial charge in [-0.1, -0.05) is 11.6 Å². The van der Waals surface area contributed by atoms with Crippen molar-refractivity contribution in [3.05, 3.63) is 35.2 Å². The maximum absolute atomic E-state index is 5.95. The van der Waals surface area contributed by atoms with Gasteiger partial charge < -0.3 is 14.5 Å². The largest absolute Gasteiger partial charge is 0.375 e. The molecule has 0 saturated carbocycles. The predicted molar refractivity (Wildman–Crippen MR) is 77.6 cm³/mol. The van der Waals surface area contributed by atoms with Crippen molar-refractivity contribution in [2.75, 3.05) is 13.2 Å². The zero-order chi connectivity index (χ0) is 13.9. The van der Waals surface area contributed by atoms with Gasteiger partial charge in [-0.3, -0.25) is 0 Å². The van der Waals surface area contributed by atoms with Crippen LogP contribution >= 0.6 is 11.6 Å². The lowest BCUT2D eigenvalue weighted by atomic mass is 10.1. The van der Waals surface area contributed by atoms with Gasteiger partial charge in [0, 0.05) is 32.1 Å². The second-order valence-electron chi connectivity index (χ2n) is 5.14. The summed E-state index contributed by atoms with van der Waals surface area (Å²) in [6.45, 7) is 8.39. The fourth-order valence-corrected chi connectivity index (χ4v) is 2.20. The van der Waals surface area contributed by atoms with Crippen LogP contribution in [0.5, 0.6) is 0 Å². The van der Waals surface area contributed by atoms with Crippen LogP contribution in [-0.2, 0) is 11.3 Å². The SMILES string of the molecule is CCOC(C)(C)CNCc1cn2cc(Cl)ccc2n1. The van der Waals surface area contributed by atoms with E-state index in [1.807, 2.05) is 35.9 Å². The van der Waals surface area contributed by atoms with Crippen LogP contribution in [-0.4, -0.2) is 28.1 Å². The smallest absolute Gasteiger partial charge is 0.137 e. The molecule has 4 nitrogen and oxygen atoms in total. The summed E-state index contributed by atoms with van der Waals surface area (Å²) >= 11 is 5.95. The predicted octanol–water partition coefficient (Wildman–Crippen LogP) is 2.89. The van der Waals surface area contributed by atoms with Gasteiger partial charge >= 0.3 is 0 Å². The zero-order valence-corrected chi connectivity index (χ0v) is 12.4. The summed E-state index contributed by atoms with van der Waals surface area (Å²) in [5.74, 6) is 0. The average molecular weight is 282 g/mol. The quantitative estimate of drug-likeness (QED) is 0.885. The lowest BCUT2D eigenvalue weighted by Gasteiger charge is -2.24. The third-order valence-electron chi connectivity index (χ3n) is 2.86. The first-order valence-electron chi connectivity index (χ1n) is 6.48. The molecule has 0 bridgehead atoms. The molecule has 2 heterocycles.